The average Bonchev–Trinajstić information content (AvgIpc) is 3.28. The molecular weight excluding hydrogens is 474 g/mol. The maximum absolute atomic E-state index is 13.0. The molecule has 0 aliphatic carbocycles. The molecule has 158 valence electrons. The first-order chi connectivity index (χ1) is 14.6. The first-order valence-corrected chi connectivity index (χ1v) is 10.2. The van der Waals surface area contributed by atoms with Crippen molar-refractivity contribution in [2.45, 2.75) is 6.18 Å². The SMILES string of the molecule is O=C1S/C(=C/c2ccc(-c3ccc(Cl)c(Cl)c3)o2)C(=O)N1c1cccc(C(F)(F)F)c1. The molecule has 0 N–H and O–H groups in total. The van der Waals surface area contributed by atoms with E-state index in [2.05, 4.69) is 0 Å². The van der Waals surface area contributed by atoms with E-state index in [-0.39, 0.29) is 16.4 Å². The van der Waals surface area contributed by atoms with Gasteiger partial charge in [0.05, 0.1) is 26.2 Å². The van der Waals surface area contributed by atoms with Gasteiger partial charge in [-0.05, 0) is 60.3 Å². The number of hydrogen-bond donors (Lipinski definition) is 0. The van der Waals surface area contributed by atoms with E-state index >= 15 is 0 Å². The van der Waals surface area contributed by atoms with Crippen molar-refractivity contribution >= 4 is 57.9 Å². The third-order valence-corrected chi connectivity index (χ3v) is 5.94. The van der Waals surface area contributed by atoms with Crippen LogP contribution in [0.25, 0.3) is 17.4 Å². The number of hydrogen-bond acceptors (Lipinski definition) is 4. The van der Waals surface area contributed by atoms with E-state index in [1.807, 2.05) is 0 Å². The summed E-state index contributed by atoms with van der Waals surface area (Å²) in [6.45, 7) is 0. The number of furan rings is 1. The molecule has 2 aromatic carbocycles. The van der Waals surface area contributed by atoms with Crippen molar-refractivity contribution in [3.05, 3.63) is 80.9 Å². The molecule has 0 saturated carbocycles. The number of thioether (sulfide) groups is 1. The molecule has 0 unspecified atom stereocenters. The molecule has 2 heterocycles. The van der Waals surface area contributed by atoms with Crippen LogP contribution in [-0.4, -0.2) is 11.1 Å². The monoisotopic (exact) mass is 483 g/mol. The van der Waals surface area contributed by atoms with Gasteiger partial charge in [0.25, 0.3) is 11.1 Å². The van der Waals surface area contributed by atoms with E-state index in [4.69, 9.17) is 27.6 Å². The van der Waals surface area contributed by atoms with Crippen LogP contribution in [0.5, 0.6) is 0 Å². The summed E-state index contributed by atoms with van der Waals surface area (Å²) in [4.78, 5) is 25.8. The molecule has 4 rings (SSSR count). The van der Waals surface area contributed by atoms with Crippen LogP contribution in [0.3, 0.4) is 0 Å². The number of alkyl halides is 3. The summed E-state index contributed by atoms with van der Waals surface area (Å²) in [5, 5.41) is 0.0339. The predicted molar refractivity (Wildman–Crippen MR) is 114 cm³/mol. The topological polar surface area (TPSA) is 50.5 Å². The summed E-state index contributed by atoms with van der Waals surface area (Å²) in [5.74, 6) is 0.0133. The normalized spacial score (nSPS) is 15.9. The van der Waals surface area contributed by atoms with Gasteiger partial charge in [-0.15, -0.1) is 0 Å². The van der Waals surface area contributed by atoms with Gasteiger partial charge in [-0.25, -0.2) is 4.90 Å². The summed E-state index contributed by atoms with van der Waals surface area (Å²) in [6.07, 6.45) is -3.23. The lowest BCUT2D eigenvalue weighted by molar-refractivity contribution is -0.137. The number of benzene rings is 2. The molecular formula is C21H10Cl2F3NO3S. The van der Waals surface area contributed by atoms with E-state index < -0.39 is 22.9 Å². The number of imide groups is 1. The number of halogens is 5. The van der Waals surface area contributed by atoms with Gasteiger partial charge >= 0.3 is 6.18 Å². The quantitative estimate of drug-likeness (QED) is 0.361. The lowest BCUT2D eigenvalue weighted by Gasteiger charge is -2.14. The smallest absolute Gasteiger partial charge is 0.416 e. The van der Waals surface area contributed by atoms with E-state index in [9.17, 15) is 22.8 Å². The highest BCUT2D eigenvalue weighted by Crippen LogP contribution is 2.39. The molecule has 0 atom stereocenters. The second-order valence-electron chi connectivity index (χ2n) is 6.40. The van der Waals surface area contributed by atoms with Gasteiger partial charge < -0.3 is 4.42 Å². The Morgan fingerprint density at radius 1 is 0.968 bits per heavy atom. The molecule has 0 spiro atoms. The Labute approximate surface area is 188 Å². The van der Waals surface area contributed by atoms with E-state index in [1.165, 1.54) is 12.1 Å². The summed E-state index contributed by atoms with van der Waals surface area (Å²) in [7, 11) is 0. The van der Waals surface area contributed by atoms with Gasteiger partial charge in [0.1, 0.15) is 11.5 Å². The number of carbonyl (C=O) groups excluding carboxylic acids is 2. The van der Waals surface area contributed by atoms with Crippen LogP contribution in [0.15, 0.2) is 63.9 Å². The first kappa shape index (κ1) is 21.5. The van der Waals surface area contributed by atoms with Crippen LogP contribution in [0.4, 0.5) is 23.7 Å². The van der Waals surface area contributed by atoms with Crippen LogP contribution in [-0.2, 0) is 11.0 Å². The highest BCUT2D eigenvalue weighted by atomic mass is 35.5. The molecule has 10 heteroatoms. The van der Waals surface area contributed by atoms with Crippen molar-refractivity contribution in [2.24, 2.45) is 0 Å². The lowest BCUT2D eigenvalue weighted by atomic mass is 10.2. The van der Waals surface area contributed by atoms with Crippen molar-refractivity contribution < 1.29 is 27.2 Å². The van der Waals surface area contributed by atoms with Crippen LogP contribution in [0.2, 0.25) is 10.0 Å². The number of amides is 2. The Morgan fingerprint density at radius 2 is 1.74 bits per heavy atom. The fourth-order valence-electron chi connectivity index (χ4n) is 2.88. The zero-order valence-corrected chi connectivity index (χ0v) is 17.6. The third kappa shape index (κ3) is 4.37. The number of nitrogens with zero attached hydrogens (tertiary/aromatic N) is 1. The molecule has 31 heavy (non-hydrogen) atoms. The summed E-state index contributed by atoms with van der Waals surface area (Å²) in [6, 6.07) is 12.2. The average molecular weight is 484 g/mol. The zero-order valence-electron chi connectivity index (χ0n) is 15.2. The van der Waals surface area contributed by atoms with Gasteiger partial charge in [-0.1, -0.05) is 29.3 Å². The number of rotatable bonds is 3. The fourth-order valence-corrected chi connectivity index (χ4v) is 4.00. The largest absolute Gasteiger partial charge is 0.457 e. The Kier molecular flexibility index (Phi) is 5.63. The second-order valence-corrected chi connectivity index (χ2v) is 8.20. The molecule has 0 bridgehead atoms. The van der Waals surface area contributed by atoms with Gasteiger partial charge in [0.15, 0.2) is 0 Å². The van der Waals surface area contributed by atoms with Crippen molar-refractivity contribution in [2.75, 3.05) is 4.90 Å². The van der Waals surface area contributed by atoms with Gasteiger partial charge in [-0.2, -0.15) is 13.2 Å². The van der Waals surface area contributed by atoms with Crippen LogP contribution in [0.1, 0.15) is 11.3 Å². The molecule has 2 amide bonds. The van der Waals surface area contributed by atoms with Crippen LogP contribution < -0.4 is 4.90 Å². The van der Waals surface area contributed by atoms with Gasteiger partial charge in [-0.3, -0.25) is 9.59 Å². The molecule has 1 aliphatic heterocycles. The highest BCUT2D eigenvalue weighted by molar-refractivity contribution is 8.19. The van der Waals surface area contributed by atoms with Crippen molar-refractivity contribution in [1.29, 1.82) is 0 Å². The Hall–Kier alpha value is -2.68. The van der Waals surface area contributed by atoms with E-state index in [0.29, 0.717) is 38.0 Å². The Balaban J connectivity index is 1.61. The summed E-state index contributed by atoms with van der Waals surface area (Å²) < 4.78 is 44.6. The first-order valence-electron chi connectivity index (χ1n) is 8.64. The van der Waals surface area contributed by atoms with Crippen molar-refractivity contribution in [3.8, 4) is 11.3 Å². The standard InChI is InChI=1S/C21H10Cl2F3NO3S/c22-15-6-4-11(8-16(15)23)17-7-5-14(30-17)10-18-19(28)27(20(29)31-18)13-3-1-2-12(9-13)21(24,25)26/h1-10H/b18-10+. The molecule has 1 aromatic heterocycles. The lowest BCUT2D eigenvalue weighted by Crippen LogP contribution is -2.27. The van der Waals surface area contributed by atoms with Gasteiger partial charge in [0.2, 0.25) is 0 Å². The van der Waals surface area contributed by atoms with E-state index in [0.717, 1.165) is 18.2 Å². The third-order valence-electron chi connectivity index (χ3n) is 4.33. The number of carbonyl (C=O) groups is 2. The minimum Gasteiger partial charge on any atom is -0.457 e. The maximum Gasteiger partial charge on any atom is 0.416 e. The fraction of sp³-hybridized carbons (Fsp3) is 0.0476. The minimum absolute atomic E-state index is 0.0254. The predicted octanol–water partition coefficient (Wildman–Crippen LogP) is 7.51. The Bertz CT molecular complexity index is 1240. The van der Waals surface area contributed by atoms with Crippen molar-refractivity contribution in [3.63, 3.8) is 0 Å². The van der Waals surface area contributed by atoms with Crippen LogP contribution >= 0.6 is 35.0 Å². The number of anilines is 1. The van der Waals surface area contributed by atoms with Gasteiger partial charge in [0, 0.05) is 11.6 Å². The molecule has 4 nitrogen and oxygen atoms in total. The minimum atomic E-state index is -4.59. The van der Waals surface area contributed by atoms with Crippen molar-refractivity contribution in [1.82, 2.24) is 0 Å². The Morgan fingerprint density at radius 3 is 2.45 bits per heavy atom. The molecule has 1 aliphatic rings. The zero-order chi connectivity index (χ0) is 22.3. The molecule has 0 radical (unpaired) electrons. The molecule has 3 aromatic rings. The summed E-state index contributed by atoms with van der Waals surface area (Å²) >= 11 is 12.5. The maximum atomic E-state index is 13.0. The molecule has 1 fully saturated rings. The highest BCUT2D eigenvalue weighted by Gasteiger charge is 2.38. The van der Waals surface area contributed by atoms with E-state index in [1.54, 1.807) is 30.3 Å². The molecule has 1 saturated heterocycles. The van der Waals surface area contributed by atoms with Crippen LogP contribution in [0, 0.1) is 0 Å². The second kappa shape index (κ2) is 8.11. The summed E-state index contributed by atoms with van der Waals surface area (Å²) in [5.41, 5.74) is -0.451.